The quantitative estimate of drug-likeness (QED) is 0.892. The van der Waals surface area contributed by atoms with Gasteiger partial charge in [-0.3, -0.25) is 9.69 Å². The molecule has 0 aliphatic rings. The molecule has 0 saturated carbocycles. The molecule has 1 atom stereocenters. The molecule has 0 bridgehead atoms. The first kappa shape index (κ1) is 15.6. The Morgan fingerprint density at radius 3 is 2.76 bits per heavy atom. The first-order chi connectivity index (χ1) is 10.1. The molecule has 0 aliphatic heterocycles. The van der Waals surface area contributed by atoms with Crippen LogP contribution in [0.5, 0.6) is 0 Å². The van der Waals surface area contributed by atoms with Crippen molar-refractivity contribution < 1.29 is 9.21 Å². The van der Waals surface area contributed by atoms with Gasteiger partial charge in [0.15, 0.2) is 0 Å². The Balaban J connectivity index is 1.86. The molecule has 1 heterocycles. The van der Waals surface area contributed by atoms with Gasteiger partial charge < -0.3 is 9.73 Å². The van der Waals surface area contributed by atoms with Crippen molar-refractivity contribution in [2.45, 2.75) is 26.1 Å². The molecule has 112 valence electrons. The summed E-state index contributed by atoms with van der Waals surface area (Å²) in [5, 5.41) is 3.57. The van der Waals surface area contributed by atoms with Crippen LogP contribution in [0.2, 0.25) is 5.02 Å². The molecule has 1 unspecified atom stereocenters. The van der Waals surface area contributed by atoms with Gasteiger partial charge in [-0.25, -0.2) is 0 Å². The zero-order chi connectivity index (χ0) is 15.2. The maximum atomic E-state index is 12.2. The van der Waals surface area contributed by atoms with Crippen LogP contribution in [0.25, 0.3) is 0 Å². The lowest BCUT2D eigenvalue weighted by Gasteiger charge is -2.23. The van der Waals surface area contributed by atoms with E-state index in [2.05, 4.69) is 5.32 Å². The third-order valence-corrected chi connectivity index (χ3v) is 3.81. The highest BCUT2D eigenvalue weighted by atomic mass is 35.5. The number of hydrogen-bond donors (Lipinski definition) is 1. The number of nitrogens with zero attached hydrogens (tertiary/aromatic N) is 1. The second-order valence-corrected chi connectivity index (χ2v) is 5.39. The van der Waals surface area contributed by atoms with Crippen molar-refractivity contribution in [2.24, 2.45) is 0 Å². The molecule has 0 saturated heterocycles. The van der Waals surface area contributed by atoms with Gasteiger partial charge in [0, 0.05) is 11.6 Å². The monoisotopic (exact) mass is 306 g/mol. The molecule has 0 radical (unpaired) electrons. The van der Waals surface area contributed by atoms with Crippen molar-refractivity contribution in [2.75, 3.05) is 7.05 Å². The molecule has 0 aliphatic carbocycles. The highest BCUT2D eigenvalue weighted by Gasteiger charge is 2.18. The number of benzene rings is 1. The number of halogens is 1. The summed E-state index contributed by atoms with van der Waals surface area (Å²) < 4.78 is 5.29. The molecule has 1 N–H and O–H groups in total. The Kier molecular flexibility index (Phi) is 5.42. The van der Waals surface area contributed by atoms with E-state index >= 15 is 0 Å². The van der Waals surface area contributed by atoms with Crippen molar-refractivity contribution in [3.8, 4) is 0 Å². The molecular weight excluding hydrogens is 288 g/mol. The fourth-order valence-electron chi connectivity index (χ4n) is 1.96. The Bertz CT molecular complexity index is 584. The standard InChI is InChI=1S/C16H19ClN2O2/c1-12(19(2)11-14-7-5-9-21-14)16(20)18-10-13-6-3-4-8-15(13)17/h3-9,12H,10-11H2,1-2H3,(H,18,20). The van der Waals surface area contributed by atoms with Crippen LogP contribution in [-0.4, -0.2) is 23.9 Å². The number of hydrogen-bond acceptors (Lipinski definition) is 3. The Hall–Kier alpha value is -1.78. The third kappa shape index (κ3) is 4.34. The van der Waals surface area contributed by atoms with Gasteiger partial charge in [-0.1, -0.05) is 29.8 Å². The highest BCUT2D eigenvalue weighted by Crippen LogP contribution is 2.14. The van der Waals surface area contributed by atoms with Crippen molar-refractivity contribution in [3.63, 3.8) is 0 Å². The Labute approximate surface area is 129 Å². The van der Waals surface area contributed by atoms with Crippen LogP contribution >= 0.6 is 11.6 Å². The summed E-state index contributed by atoms with van der Waals surface area (Å²) in [5.41, 5.74) is 0.911. The maximum absolute atomic E-state index is 12.2. The summed E-state index contributed by atoms with van der Waals surface area (Å²) in [4.78, 5) is 14.1. The second kappa shape index (κ2) is 7.29. The highest BCUT2D eigenvalue weighted by molar-refractivity contribution is 6.31. The number of rotatable bonds is 6. The molecule has 2 rings (SSSR count). The zero-order valence-electron chi connectivity index (χ0n) is 12.2. The fourth-order valence-corrected chi connectivity index (χ4v) is 2.16. The van der Waals surface area contributed by atoms with E-state index in [9.17, 15) is 4.79 Å². The summed E-state index contributed by atoms with van der Waals surface area (Å²) in [6.07, 6.45) is 1.63. The lowest BCUT2D eigenvalue weighted by atomic mass is 10.2. The summed E-state index contributed by atoms with van der Waals surface area (Å²) in [5.74, 6) is 0.798. The lowest BCUT2D eigenvalue weighted by Crippen LogP contribution is -2.42. The Morgan fingerprint density at radius 1 is 1.33 bits per heavy atom. The van der Waals surface area contributed by atoms with Crippen molar-refractivity contribution >= 4 is 17.5 Å². The smallest absolute Gasteiger partial charge is 0.237 e. The molecule has 2 aromatic rings. The van der Waals surface area contributed by atoms with Gasteiger partial charge in [0.1, 0.15) is 5.76 Å². The lowest BCUT2D eigenvalue weighted by molar-refractivity contribution is -0.125. The van der Waals surface area contributed by atoms with Crippen molar-refractivity contribution in [1.82, 2.24) is 10.2 Å². The molecule has 0 fully saturated rings. The van der Waals surface area contributed by atoms with Gasteiger partial charge >= 0.3 is 0 Å². The van der Waals surface area contributed by atoms with E-state index < -0.39 is 0 Å². The van der Waals surface area contributed by atoms with Crippen LogP contribution in [0.3, 0.4) is 0 Å². The predicted molar refractivity (Wildman–Crippen MR) is 82.9 cm³/mol. The van der Waals surface area contributed by atoms with Gasteiger partial charge in [-0.15, -0.1) is 0 Å². The SMILES string of the molecule is CC(C(=O)NCc1ccccc1Cl)N(C)Cc1ccco1. The molecule has 1 amide bonds. The van der Waals surface area contributed by atoms with E-state index in [1.165, 1.54) is 0 Å². The van der Waals surface area contributed by atoms with Crippen LogP contribution < -0.4 is 5.32 Å². The van der Waals surface area contributed by atoms with E-state index in [1.807, 2.05) is 55.3 Å². The normalized spacial score (nSPS) is 12.4. The van der Waals surface area contributed by atoms with E-state index in [1.54, 1.807) is 6.26 Å². The molecule has 0 spiro atoms. The number of carbonyl (C=O) groups is 1. The predicted octanol–water partition coefficient (Wildman–Crippen LogP) is 3.07. The van der Waals surface area contributed by atoms with E-state index in [0.29, 0.717) is 18.1 Å². The molecule has 4 nitrogen and oxygen atoms in total. The number of amides is 1. The minimum Gasteiger partial charge on any atom is -0.468 e. The van der Waals surface area contributed by atoms with Crippen LogP contribution in [0.4, 0.5) is 0 Å². The van der Waals surface area contributed by atoms with Gasteiger partial charge in [-0.05, 0) is 37.7 Å². The fraction of sp³-hybridized carbons (Fsp3) is 0.312. The molecule has 1 aromatic carbocycles. The van der Waals surface area contributed by atoms with E-state index in [-0.39, 0.29) is 11.9 Å². The first-order valence-electron chi connectivity index (χ1n) is 6.81. The molecule has 1 aromatic heterocycles. The molecular formula is C16H19ClN2O2. The van der Waals surface area contributed by atoms with Crippen molar-refractivity contribution in [3.05, 3.63) is 59.0 Å². The second-order valence-electron chi connectivity index (χ2n) is 4.98. The van der Waals surface area contributed by atoms with Gasteiger partial charge in [0.05, 0.1) is 18.8 Å². The van der Waals surface area contributed by atoms with Crippen LogP contribution in [0.15, 0.2) is 47.1 Å². The van der Waals surface area contributed by atoms with Gasteiger partial charge in [0.25, 0.3) is 0 Å². The number of nitrogens with one attached hydrogen (secondary N) is 1. The summed E-state index contributed by atoms with van der Waals surface area (Å²) >= 11 is 6.07. The van der Waals surface area contributed by atoms with Crippen LogP contribution in [0.1, 0.15) is 18.2 Å². The average molecular weight is 307 g/mol. The molecule has 21 heavy (non-hydrogen) atoms. The largest absolute Gasteiger partial charge is 0.468 e. The summed E-state index contributed by atoms with van der Waals surface area (Å²) in [6.45, 7) is 2.88. The third-order valence-electron chi connectivity index (χ3n) is 3.44. The summed E-state index contributed by atoms with van der Waals surface area (Å²) in [7, 11) is 1.89. The van der Waals surface area contributed by atoms with Gasteiger partial charge in [0.2, 0.25) is 5.91 Å². The van der Waals surface area contributed by atoms with Crippen molar-refractivity contribution in [1.29, 1.82) is 0 Å². The van der Waals surface area contributed by atoms with Crippen LogP contribution in [0, 0.1) is 0 Å². The van der Waals surface area contributed by atoms with Gasteiger partial charge in [-0.2, -0.15) is 0 Å². The zero-order valence-corrected chi connectivity index (χ0v) is 12.9. The Morgan fingerprint density at radius 2 is 2.10 bits per heavy atom. The van der Waals surface area contributed by atoms with E-state index in [0.717, 1.165) is 11.3 Å². The molecule has 5 heteroatoms. The minimum absolute atomic E-state index is 0.0380. The number of likely N-dealkylation sites (N-methyl/N-ethyl adjacent to an activating group) is 1. The number of furan rings is 1. The van der Waals surface area contributed by atoms with E-state index in [4.69, 9.17) is 16.0 Å². The maximum Gasteiger partial charge on any atom is 0.237 e. The minimum atomic E-state index is -0.252. The topological polar surface area (TPSA) is 45.5 Å². The first-order valence-corrected chi connectivity index (χ1v) is 7.19. The van der Waals surface area contributed by atoms with Crippen LogP contribution in [-0.2, 0) is 17.9 Å². The summed E-state index contributed by atoms with van der Waals surface area (Å²) in [6, 6.07) is 11.0. The number of carbonyl (C=O) groups excluding carboxylic acids is 1. The average Bonchev–Trinajstić information content (AvgIpc) is 2.98.